The second-order valence-electron chi connectivity index (χ2n) is 9.10. The van der Waals surface area contributed by atoms with E-state index in [2.05, 4.69) is 20.5 Å². The maximum atomic E-state index is 12.9. The molecule has 2 saturated heterocycles. The van der Waals surface area contributed by atoms with Gasteiger partial charge in [0.25, 0.3) is 11.8 Å². The highest BCUT2D eigenvalue weighted by Gasteiger charge is 2.41. The van der Waals surface area contributed by atoms with E-state index in [9.17, 15) is 9.59 Å². The number of aromatic nitrogens is 1. The van der Waals surface area contributed by atoms with Crippen LogP contribution < -0.4 is 20.3 Å². The Morgan fingerprint density at radius 3 is 2.41 bits per heavy atom. The highest BCUT2D eigenvalue weighted by atomic mass is 16.5. The van der Waals surface area contributed by atoms with Crippen LogP contribution in [-0.4, -0.2) is 48.1 Å². The summed E-state index contributed by atoms with van der Waals surface area (Å²) in [5.74, 6) is 1.49. The van der Waals surface area contributed by atoms with E-state index in [4.69, 9.17) is 4.74 Å². The highest BCUT2D eigenvalue weighted by molar-refractivity contribution is 5.96. The number of piperidine rings is 1. The number of fused-ring (bicyclic) bond motifs is 2. The van der Waals surface area contributed by atoms with Gasteiger partial charge in [-0.2, -0.15) is 0 Å². The van der Waals surface area contributed by atoms with Crippen LogP contribution in [0.3, 0.4) is 0 Å². The molecule has 7 heteroatoms. The van der Waals surface area contributed by atoms with Crippen LogP contribution in [0.4, 0.5) is 5.82 Å². The zero-order valence-electron chi connectivity index (χ0n) is 19.2. The van der Waals surface area contributed by atoms with Gasteiger partial charge in [0.05, 0.1) is 12.7 Å². The van der Waals surface area contributed by atoms with Gasteiger partial charge in [0.2, 0.25) is 0 Å². The Labute approximate surface area is 189 Å². The molecule has 3 atom stereocenters. The molecule has 2 aliphatic heterocycles. The Morgan fingerprint density at radius 1 is 1.09 bits per heavy atom. The second kappa shape index (κ2) is 9.18. The zero-order chi connectivity index (χ0) is 22.8. The van der Waals surface area contributed by atoms with Crippen molar-refractivity contribution in [3.63, 3.8) is 0 Å². The fourth-order valence-electron chi connectivity index (χ4n) is 5.03. The smallest absolute Gasteiger partial charge is 0.253 e. The summed E-state index contributed by atoms with van der Waals surface area (Å²) >= 11 is 0. The van der Waals surface area contributed by atoms with Crippen LogP contribution in [0.25, 0.3) is 0 Å². The largest absolute Gasteiger partial charge is 0.496 e. The Balaban J connectivity index is 1.42. The van der Waals surface area contributed by atoms with Crippen LogP contribution in [0.5, 0.6) is 5.75 Å². The maximum Gasteiger partial charge on any atom is 0.253 e. The van der Waals surface area contributed by atoms with Gasteiger partial charge < -0.3 is 20.3 Å². The number of anilines is 1. The topological polar surface area (TPSA) is 83.6 Å². The number of rotatable bonds is 6. The molecule has 32 heavy (non-hydrogen) atoms. The van der Waals surface area contributed by atoms with E-state index < -0.39 is 0 Å². The van der Waals surface area contributed by atoms with Crippen molar-refractivity contribution in [2.45, 2.75) is 70.6 Å². The minimum Gasteiger partial charge on any atom is -0.496 e. The van der Waals surface area contributed by atoms with Crippen molar-refractivity contribution in [3.8, 4) is 5.75 Å². The van der Waals surface area contributed by atoms with Crippen LogP contribution in [0.15, 0.2) is 36.5 Å². The molecule has 1 aromatic heterocycles. The van der Waals surface area contributed by atoms with Crippen molar-refractivity contribution in [2.75, 3.05) is 12.0 Å². The fraction of sp³-hybridized carbons (Fsp3) is 0.480. The number of carbonyl (C=O) groups is 2. The van der Waals surface area contributed by atoms with E-state index in [0.29, 0.717) is 23.2 Å². The first-order chi connectivity index (χ1) is 15.4. The molecule has 0 radical (unpaired) electrons. The summed E-state index contributed by atoms with van der Waals surface area (Å²) in [5.41, 5.74) is 2.10. The molecule has 7 nitrogen and oxygen atoms in total. The number of ether oxygens (including phenoxy) is 1. The average molecular weight is 437 g/mol. The van der Waals surface area contributed by atoms with Gasteiger partial charge in [0.1, 0.15) is 11.6 Å². The van der Waals surface area contributed by atoms with Gasteiger partial charge in [-0.1, -0.05) is 6.07 Å². The summed E-state index contributed by atoms with van der Waals surface area (Å²) in [4.78, 5) is 32.1. The first-order valence-corrected chi connectivity index (χ1v) is 11.4. The van der Waals surface area contributed by atoms with Crippen LogP contribution in [-0.2, 0) is 0 Å². The predicted molar refractivity (Wildman–Crippen MR) is 124 cm³/mol. The number of pyridine rings is 1. The summed E-state index contributed by atoms with van der Waals surface area (Å²) < 4.78 is 5.36. The molecule has 170 valence electrons. The van der Waals surface area contributed by atoms with Crippen LogP contribution in [0.1, 0.15) is 65.8 Å². The molecule has 0 saturated carbocycles. The molecule has 0 unspecified atom stereocenters. The lowest BCUT2D eigenvalue weighted by atomic mass is 9.96. The van der Waals surface area contributed by atoms with Crippen LogP contribution in [0.2, 0.25) is 0 Å². The molecule has 3 heterocycles. The number of hydrogen-bond donors (Lipinski definition) is 2. The summed E-state index contributed by atoms with van der Waals surface area (Å²) in [6, 6.07) is 10.3. The van der Waals surface area contributed by atoms with Gasteiger partial charge >= 0.3 is 0 Å². The van der Waals surface area contributed by atoms with E-state index in [-0.39, 0.29) is 23.9 Å². The zero-order valence-corrected chi connectivity index (χ0v) is 19.2. The van der Waals surface area contributed by atoms with Crippen LogP contribution >= 0.6 is 0 Å². The quantitative estimate of drug-likeness (QED) is 0.725. The molecule has 1 aromatic carbocycles. The number of amides is 2. The Bertz CT molecular complexity index is 975. The minimum atomic E-state index is -0.101. The monoisotopic (exact) mass is 436 g/mol. The summed E-state index contributed by atoms with van der Waals surface area (Å²) in [6.45, 7) is 5.79. The van der Waals surface area contributed by atoms with Crippen molar-refractivity contribution in [2.24, 2.45) is 0 Å². The molecule has 2 bridgehead atoms. The van der Waals surface area contributed by atoms with Crippen molar-refractivity contribution >= 4 is 17.6 Å². The van der Waals surface area contributed by atoms with Gasteiger partial charge in [0.15, 0.2) is 0 Å². The molecule has 0 spiro atoms. The maximum absolute atomic E-state index is 12.9. The van der Waals surface area contributed by atoms with Crippen molar-refractivity contribution in [1.29, 1.82) is 0 Å². The van der Waals surface area contributed by atoms with Gasteiger partial charge in [-0.05, 0) is 70.7 Å². The molecule has 2 aromatic rings. The number of carbonyl (C=O) groups excluding carboxylic acids is 2. The lowest BCUT2D eigenvalue weighted by Crippen LogP contribution is -2.50. The predicted octanol–water partition coefficient (Wildman–Crippen LogP) is 3.47. The number of nitrogens with zero attached hydrogens (tertiary/aromatic N) is 2. The third kappa shape index (κ3) is 4.42. The number of methoxy groups -OCH3 is 1. The molecular formula is C25H32N4O3. The second-order valence-corrected chi connectivity index (χ2v) is 9.10. The summed E-state index contributed by atoms with van der Waals surface area (Å²) in [6.07, 6.45) is 5.62. The van der Waals surface area contributed by atoms with Crippen molar-refractivity contribution in [1.82, 2.24) is 15.6 Å². The standard InChI is InChI=1S/C25H32N4O3/c1-15(2)27-24(30)17-8-11-23(26-14-17)29-19-9-10-20(29)13-18(12-19)28-25(31)21-6-5-7-22(32-4)16(21)3/h5-8,11,14-15,18-20H,9-10,12-13H2,1-4H3,(H,27,30)(H,28,31)/t18-,19+,20-. The fourth-order valence-corrected chi connectivity index (χ4v) is 5.03. The summed E-state index contributed by atoms with van der Waals surface area (Å²) in [5, 5.41) is 6.14. The van der Waals surface area contributed by atoms with Gasteiger partial charge in [-0.15, -0.1) is 0 Å². The average Bonchev–Trinajstić information content (AvgIpc) is 3.03. The number of benzene rings is 1. The molecule has 2 amide bonds. The lowest BCUT2D eigenvalue weighted by Gasteiger charge is -2.40. The normalized spacial score (nSPS) is 22.0. The minimum absolute atomic E-state index is 0.0436. The van der Waals surface area contributed by atoms with Gasteiger partial charge in [0, 0.05) is 41.5 Å². The molecule has 0 aliphatic carbocycles. The SMILES string of the molecule is COc1cccc(C(=O)N[C@H]2C[C@H]3CC[C@@H](C2)N3c2ccc(C(=O)NC(C)C)cn2)c1C. The first-order valence-electron chi connectivity index (χ1n) is 11.4. The third-order valence-electron chi connectivity index (χ3n) is 6.51. The Morgan fingerprint density at radius 2 is 1.81 bits per heavy atom. The Hall–Kier alpha value is -3.09. The lowest BCUT2D eigenvalue weighted by molar-refractivity contribution is 0.0922. The molecule has 2 N–H and O–H groups in total. The van der Waals surface area contributed by atoms with E-state index in [1.165, 1.54) is 0 Å². The van der Waals surface area contributed by atoms with Crippen molar-refractivity contribution < 1.29 is 14.3 Å². The van der Waals surface area contributed by atoms with E-state index >= 15 is 0 Å². The van der Waals surface area contributed by atoms with E-state index in [1.54, 1.807) is 13.3 Å². The molecule has 4 rings (SSSR count). The number of nitrogens with one attached hydrogen (secondary N) is 2. The van der Waals surface area contributed by atoms with Gasteiger partial charge in [-0.3, -0.25) is 9.59 Å². The van der Waals surface area contributed by atoms with Crippen LogP contribution in [0, 0.1) is 6.92 Å². The molecular weight excluding hydrogens is 404 g/mol. The van der Waals surface area contributed by atoms with E-state index in [1.807, 2.05) is 51.1 Å². The summed E-state index contributed by atoms with van der Waals surface area (Å²) in [7, 11) is 1.62. The molecule has 2 fully saturated rings. The first kappa shape index (κ1) is 22.1. The van der Waals surface area contributed by atoms with Gasteiger partial charge in [-0.25, -0.2) is 4.98 Å². The number of hydrogen-bond acceptors (Lipinski definition) is 5. The third-order valence-corrected chi connectivity index (χ3v) is 6.51. The molecule has 2 aliphatic rings. The van der Waals surface area contributed by atoms with E-state index in [0.717, 1.165) is 42.8 Å². The highest BCUT2D eigenvalue weighted by Crippen LogP contribution is 2.38. The van der Waals surface area contributed by atoms with Crippen molar-refractivity contribution in [3.05, 3.63) is 53.2 Å². The Kier molecular flexibility index (Phi) is 6.35.